The number of hydrogen-bond donors (Lipinski definition) is 0. The molecular weight excluding hydrogens is 539 g/mol. The molecule has 0 fully saturated rings. The van der Waals surface area contributed by atoms with Gasteiger partial charge in [-0.3, -0.25) is 4.79 Å². The minimum Gasteiger partial charge on any atom is -0.496 e. The second-order valence-electron chi connectivity index (χ2n) is 11.1. The standard InChI is InChI=1S/C36H33FN4O2/c1-22(2)29-19-30(23(3)17-34(29)43-5)35-39-32-15-8-6-14-28(32)36(42)41(35)38-20-31-24(4)40(33-16-9-7-13-27(31)33)21-25-11-10-12-26(37)18-25/h6-20,22H,21H2,1-5H3. The maximum Gasteiger partial charge on any atom is 0.282 e. The molecule has 0 atom stereocenters. The third kappa shape index (κ3) is 5.12. The van der Waals surface area contributed by atoms with Crippen LogP contribution >= 0.6 is 0 Å². The van der Waals surface area contributed by atoms with Crippen molar-refractivity contribution in [3.05, 3.63) is 129 Å². The van der Waals surface area contributed by atoms with Crippen molar-refractivity contribution in [2.75, 3.05) is 7.11 Å². The SMILES string of the molecule is COc1cc(C)c(-c2nc3ccccc3c(=O)n2N=Cc2c(C)n(Cc3cccc(F)c3)c3ccccc23)cc1C(C)C. The topological polar surface area (TPSA) is 61.4 Å². The number of fused-ring (bicyclic) bond motifs is 2. The highest BCUT2D eigenvalue weighted by molar-refractivity contribution is 6.01. The summed E-state index contributed by atoms with van der Waals surface area (Å²) in [7, 11) is 1.67. The summed E-state index contributed by atoms with van der Waals surface area (Å²) in [5.41, 5.74) is 6.83. The van der Waals surface area contributed by atoms with Gasteiger partial charge in [0.1, 0.15) is 11.6 Å². The third-order valence-electron chi connectivity index (χ3n) is 8.01. The normalized spacial score (nSPS) is 11.8. The molecule has 0 aliphatic heterocycles. The number of rotatable bonds is 7. The summed E-state index contributed by atoms with van der Waals surface area (Å²) in [5.74, 6) is 1.20. The Morgan fingerprint density at radius 3 is 2.44 bits per heavy atom. The summed E-state index contributed by atoms with van der Waals surface area (Å²) < 4.78 is 23.2. The highest BCUT2D eigenvalue weighted by atomic mass is 19.1. The fourth-order valence-corrected chi connectivity index (χ4v) is 5.73. The monoisotopic (exact) mass is 572 g/mol. The quantitative estimate of drug-likeness (QED) is 0.183. The van der Waals surface area contributed by atoms with Crippen LogP contribution in [0.2, 0.25) is 0 Å². The van der Waals surface area contributed by atoms with Crippen molar-refractivity contribution in [3.63, 3.8) is 0 Å². The number of aromatic nitrogens is 3. The van der Waals surface area contributed by atoms with Gasteiger partial charge in [0.2, 0.25) is 0 Å². The fourth-order valence-electron chi connectivity index (χ4n) is 5.73. The van der Waals surface area contributed by atoms with Crippen molar-refractivity contribution in [2.45, 2.75) is 40.2 Å². The smallest absolute Gasteiger partial charge is 0.282 e. The molecule has 0 amide bonds. The van der Waals surface area contributed by atoms with E-state index < -0.39 is 0 Å². The number of nitrogens with zero attached hydrogens (tertiary/aromatic N) is 4. The van der Waals surface area contributed by atoms with Gasteiger partial charge in [-0.1, -0.05) is 56.3 Å². The molecule has 0 aliphatic rings. The Balaban J connectivity index is 1.55. The molecule has 216 valence electrons. The van der Waals surface area contributed by atoms with Crippen LogP contribution in [0, 0.1) is 19.7 Å². The first kappa shape index (κ1) is 28.1. The molecule has 0 spiro atoms. The maximum atomic E-state index is 14.0. The van der Waals surface area contributed by atoms with Crippen LogP contribution in [0.25, 0.3) is 33.2 Å². The van der Waals surface area contributed by atoms with Gasteiger partial charge in [0, 0.05) is 34.3 Å². The molecule has 0 saturated carbocycles. The van der Waals surface area contributed by atoms with E-state index in [1.807, 2.05) is 68.4 Å². The highest BCUT2D eigenvalue weighted by Gasteiger charge is 2.19. The Morgan fingerprint density at radius 2 is 1.70 bits per heavy atom. The molecular formula is C36H33FN4O2. The molecule has 43 heavy (non-hydrogen) atoms. The average Bonchev–Trinajstić information content (AvgIpc) is 3.26. The number of benzene rings is 4. The van der Waals surface area contributed by atoms with Crippen LogP contribution in [0.5, 0.6) is 5.75 Å². The van der Waals surface area contributed by atoms with Gasteiger partial charge in [-0.2, -0.15) is 9.78 Å². The van der Waals surface area contributed by atoms with Gasteiger partial charge in [-0.05, 0) is 78.9 Å². The van der Waals surface area contributed by atoms with Crippen LogP contribution in [-0.2, 0) is 6.54 Å². The molecule has 0 N–H and O–H groups in total. The Morgan fingerprint density at radius 1 is 0.953 bits per heavy atom. The summed E-state index contributed by atoms with van der Waals surface area (Å²) in [4.78, 5) is 18.9. The zero-order valence-corrected chi connectivity index (χ0v) is 24.9. The number of halogens is 1. The van der Waals surface area contributed by atoms with E-state index in [1.54, 1.807) is 31.5 Å². The number of hydrogen-bond acceptors (Lipinski definition) is 4. The van der Waals surface area contributed by atoms with E-state index >= 15 is 0 Å². The number of methoxy groups -OCH3 is 1. The van der Waals surface area contributed by atoms with E-state index in [4.69, 9.17) is 14.8 Å². The van der Waals surface area contributed by atoms with Crippen molar-refractivity contribution < 1.29 is 9.13 Å². The van der Waals surface area contributed by atoms with Gasteiger partial charge in [-0.25, -0.2) is 9.37 Å². The number of ether oxygens (including phenoxy) is 1. The lowest BCUT2D eigenvalue weighted by molar-refractivity contribution is 0.407. The summed E-state index contributed by atoms with van der Waals surface area (Å²) >= 11 is 0. The number of aryl methyl sites for hydroxylation is 1. The zero-order valence-electron chi connectivity index (χ0n) is 24.9. The minimum absolute atomic E-state index is 0.199. The molecule has 4 aromatic carbocycles. The average molecular weight is 573 g/mol. The first-order valence-corrected chi connectivity index (χ1v) is 14.3. The Kier molecular flexibility index (Phi) is 7.40. The predicted octanol–water partition coefficient (Wildman–Crippen LogP) is 7.84. The van der Waals surface area contributed by atoms with E-state index in [-0.39, 0.29) is 17.3 Å². The van der Waals surface area contributed by atoms with Crippen molar-refractivity contribution >= 4 is 28.0 Å². The molecule has 2 aromatic heterocycles. The van der Waals surface area contributed by atoms with Crippen molar-refractivity contribution in [3.8, 4) is 17.1 Å². The van der Waals surface area contributed by atoms with Crippen molar-refractivity contribution in [1.82, 2.24) is 14.2 Å². The summed E-state index contributed by atoms with van der Waals surface area (Å²) in [5, 5.41) is 6.30. The molecule has 0 unspecified atom stereocenters. The van der Waals surface area contributed by atoms with E-state index in [0.717, 1.165) is 50.2 Å². The third-order valence-corrected chi connectivity index (χ3v) is 8.01. The fraction of sp³-hybridized carbons (Fsp3) is 0.194. The van der Waals surface area contributed by atoms with Gasteiger partial charge in [-0.15, -0.1) is 0 Å². The second-order valence-corrected chi connectivity index (χ2v) is 11.1. The zero-order chi connectivity index (χ0) is 30.2. The first-order chi connectivity index (χ1) is 20.8. The maximum absolute atomic E-state index is 14.0. The molecule has 0 saturated heterocycles. The molecule has 0 aliphatic carbocycles. The lowest BCUT2D eigenvalue weighted by Crippen LogP contribution is -2.21. The van der Waals surface area contributed by atoms with Gasteiger partial charge >= 0.3 is 0 Å². The van der Waals surface area contributed by atoms with Crippen LogP contribution < -0.4 is 10.3 Å². The van der Waals surface area contributed by atoms with Crippen LogP contribution in [0.3, 0.4) is 0 Å². The Labute approximate surface area is 249 Å². The molecule has 7 heteroatoms. The van der Waals surface area contributed by atoms with Crippen LogP contribution in [0.1, 0.15) is 47.7 Å². The lowest BCUT2D eigenvalue weighted by Gasteiger charge is -2.17. The molecule has 6 aromatic rings. The Hall–Kier alpha value is -5.04. The van der Waals surface area contributed by atoms with Crippen molar-refractivity contribution in [1.29, 1.82) is 0 Å². The molecule has 2 heterocycles. The summed E-state index contributed by atoms with van der Waals surface area (Å²) in [6.07, 6.45) is 1.74. The van der Waals surface area contributed by atoms with Gasteiger partial charge < -0.3 is 9.30 Å². The Bertz CT molecular complexity index is 2090. The van der Waals surface area contributed by atoms with Crippen LogP contribution in [0.15, 0.2) is 94.8 Å². The molecule has 0 radical (unpaired) electrons. The minimum atomic E-state index is -0.265. The number of para-hydroxylation sites is 2. The molecule has 6 nitrogen and oxygen atoms in total. The van der Waals surface area contributed by atoms with E-state index in [1.165, 1.54) is 10.7 Å². The highest BCUT2D eigenvalue weighted by Crippen LogP contribution is 2.34. The summed E-state index contributed by atoms with van der Waals surface area (Å²) in [6, 6.07) is 26.1. The molecule has 0 bridgehead atoms. The van der Waals surface area contributed by atoms with Gasteiger partial charge in [0.05, 0.1) is 24.2 Å². The van der Waals surface area contributed by atoms with Gasteiger partial charge in [0.25, 0.3) is 5.56 Å². The largest absolute Gasteiger partial charge is 0.496 e. The predicted molar refractivity (Wildman–Crippen MR) is 172 cm³/mol. The lowest BCUT2D eigenvalue weighted by atomic mass is 9.96. The van der Waals surface area contributed by atoms with Gasteiger partial charge in [0.15, 0.2) is 5.82 Å². The van der Waals surface area contributed by atoms with Crippen LogP contribution in [0.4, 0.5) is 4.39 Å². The first-order valence-electron chi connectivity index (χ1n) is 14.3. The van der Waals surface area contributed by atoms with E-state index in [0.29, 0.717) is 23.3 Å². The van der Waals surface area contributed by atoms with Crippen molar-refractivity contribution in [2.24, 2.45) is 5.10 Å². The van der Waals surface area contributed by atoms with Crippen LogP contribution in [-0.4, -0.2) is 27.6 Å². The van der Waals surface area contributed by atoms with E-state index in [9.17, 15) is 9.18 Å². The van der Waals surface area contributed by atoms with E-state index in [2.05, 4.69) is 24.5 Å². The molecule has 6 rings (SSSR count). The second kappa shape index (κ2) is 11.3. The summed E-state index contributed by atoms with van der Waals surface area (Å²) in [6.45, 7) is 8.73.